The molecule has 0 aliphatic carbocycles. The van der Waals surface area contributed by atoms with Gasteiger partial charge >= 0.3 is 0 Å². The molecule has 1 aliphatic heterocycles. The van der Waals surface area contributed by atoms with Crippen molar-refractivity contribution in [1.29, 1.82) is 0 Å². The summed E-state index contributed by atoms with van der Waals surface area (Å²) >= 11 is 2.90. The van der Waals surface area contributed by atoms with Crippen molar-refractivity contribution in [2.45, 2.75) is 30.6 Å². The summed E-state index contributed by atoms with van der Waals surface area (Å²) in [6, 6.07) is 16.4. The average molecular weight is 397 g/mol. The number of para-hydroxylation sites is 1. The minimum absolute atomic E-state index is 0.112. The second-order valence-electron chi connectivity index (χ2n) is 6.60. The van der Waals surface area contributed by atoms with Crippen LogP contribution in [-0.2, 0) is 11.2 Å². The van der Waals surface area contributed by atoms with Gasteiger partial charge in [0, 0.05) is 17.4 Å². The Morgan fingerprint density at radius 2 is 2.11 bits per heavy atom. The summed E-state index contributed by atoms with van der Waals surface area (Å²) in [6.45, 7) is 4.15. The number of aromatic nitrogens is 2. The minimum Gasteiger partial charge on any atom is -0.330 e. The van der Waals surface area contributed by atoms with E-state index >= 15 is 0 Å². The molecule has 0 saturated heterocycles. The summed E-state index contributed by atoms with van der Waals surface area (Å²) < 4.78 is 0.790. The molecule has 1 atom stereocenters. The zero-order valence-electron chi connectivity index (χ0n) is 15.2. The maximum Gasteiger partial charge on any atom is 0.237 e. The summed E-state index contributed by atoms with van der Waals surface area (Å²) in [7, 11) is 0. The highest BCUT2D eigenvalue weighted by Gasteiger charge is 2.30. The van der Waals surface area contributed by atoms with Crippen molar-refractivity contribution in [3.63, 3.8) is 0 Å². The van der Waals surface area contributed by atoms with Crippen LogP contribution in [0.5, 0.6) is 0 Å². The van der Waals surface area contributed by atoms with Gasteiger partial charge in [-0.25, -0.2) is 0 Å². The third-order valence-electron chi connectivity index (χ3n) is 4.47. The van der Waals surface area contributed by atoms with Crippen molar-refractivity contribution >= 4 is 45.5 Å². The Bertz CT molecular complexity index is 972. The molecule has 27 heavy (non-hydrogen) atoms. The van der Waals surface area contributed by atoms with Gasteiger partial charge in [0.05, 0.1) is 5.75 Å². The third kappa shape index (κ3) is 3.99. The van der Waals surface area contributed by atoms with Crippen molar-refractivity contribution < 1.29 is 4.79 Å². The Labute approximate surface area is 166 Å². The van der Waals surface area contributed by atoms with E-state index in [1.54, 1.807) is 0 Å². The molecular weight excluding hydrogens is 376 g/mol. The fraction of sp³-hybridized carbons (Fsp3) is 0.250. The maximum absolute atomic E-state index is 12.8. The first kappa shape index (κ1) is 18.0. The first-order valence-electron chi connectivity index (χ1n) is 8.80. The highest BCUT2D eigenvalue weighted by molar-refractivity contribution is 8.01. The zero-order chi connectivity index (χ0) is 18.8. The number of rotatable bonds is 5. The van der Waals surface area contributed by atoms with Crippen molar-refractivity contribution in [2.75, 3.05) is 16.0 Å². The van der Waals surface area contributed by atoms with E-state index in [9.17, 15) is 4.79 Å². The molecule has 0 bridgehead atoms. The minimum atomic E-state index is 0.112. The highest BCUT2D eigenvalue weighted by Crippen LogP contribution is 2.33. The number of anilines is 3. The summed E-state index contributed by atoms with van der Waals surface area (Å²) in [5.41, 5.74) is 4.45. The van der Waals surface area contributed by atoms with Crippen LogP contribution < -0.4 is 10.2 Å². The number of nitrogens with zero attached hydrogens (tertiary/aromatic N) is 3. The van der Waals surface area contributed by atoms with Crippen LogP contribution >= 0.6 is 23.1 Å². The Kier molecular flexibility index (Phi) is 5.13. The normalized spacial score (nSPS) is 15.6. The molecule has 4 rings (SSSR count). The maximum atomic E-state index is 12.8. The second-order valence-corrected chi connectivity index (χ2v) is 8.80. The van der Waals surface area contributed by atoms with Gasteiger partial charge in [-0.2, -0.15) is 0 Å². The number of aryl methyl sites for hydroxylation is 1. The SMILES string of the molecule is Cc1cccc(Nc2nnc(SCC(=O)N3c4ccccc4C[C@@H]3C)s2)c1. The fourth-order valence-corrected chi connectivity index (χ4v) is 4.93. The molecule has 0 fully saturated rings. The number of carbonyl (C=O) groups excluding carboxylic acids is 1. The van der Waals surface area contributed by atoms with Gasteiger partial charge in [-0.1, -0.05) is 53.4 Å². The zero-order valence-corrected chi connectivity index (χ0v) is 16.8. The van der Waals surface area contributed by atoms with E-state index < -0.39 is 0 Å². The first-order valence-corrected chi connectivity index (χ1v) is 10.6. The number of carbonyl (C=O) groups is 1. The monoisotopic (exact) mass is 396 g/mol. The van der Waals surface area contributed by atoms with E-state index in [1.807, 2.05) is 35.2 Å². The molecular formula is C20H20N4OS2. The molecule has 3 aromatic rings. The number of hydrogen-bond acceptors (Lipinski definition) is 6. The van der Waals surface area contributed by atoms with Crippen LogP contribution in [0.1, 0.15) is 18.1 Å². The Hall–Kier alpha value is -2.38. The van der Waals surface area contributed by atoms with E-state index in [2.05, 4.69) is 47.6 Å². The molecule has 5 nitrogen and oxygen atoms in total. The van der Waals surface area contributed by atoms with Gasteiger partial charge in [-0.05, 0) is 49.6 Å². The number of fused-ring (bicyclic) bond motifs is 1. The number of nitrogens with one attached hydrogen (secondary N) is 1. The molecule has 2 heterocycles. The van der Waals surface area contributed by atoms with Crippen molar-refractivity contribution in [3.05, 3.63) is 59.7 Å². The van der Waals surface area contributed by atoms with Crippen LogP contribution in [0, 0.1) is 6.92 Å². The van der Waals surface area contributed by atoms with Crippen molar-refractivity contribution in [1.82, 2.24) is 10.2 Å². The quantitative estimate of drug-likeness (QED) is 0.636. The van der Waals surface area contributed by atoms with E-state index in [0.29, 0.717) is 5.75 Å². The van der Waals surface area contributed by atoms with Gasteiger partial charge in [0.2, 0.25) is 11.0 Å². The number of thioether (sulfide) groups is 1. The number of benzene rings is 2. The lowest BCUT2D eigenvalue weighted by Gasteiger charge is -2.22. The lowest BCUT2D eigenvalue weighted by atomic mass is 10.1. The average Bonchev–Trinajstić information content (AvgIpc) is 3.22. The standard InChI is InChI=1S/C20H20N4OS2/c1-13-6-5-8-16(10-13)21-19-22-23-20(27-19)26-12-18(25)24-14(2)11-15-7-3-4-9-17(15)24/h3-10,14H,11-12H2,1-2H3,(H,21,22)/t14-/m0/s1. The molecule has 0 radical (unpaired) electrons. The lowest BCUT2D eigenvalue weighted by molar-refractivity contribution is -0.116. The van der Waals surface area contributed by atoms with Crippen LogP contribution in [0.15, 0.2) is 52.9 Å². The van der Waals surface area contributed by atoms with Gasteiger partial charge in [-0.15, -0.1) is 10.2 Å². The lowest BCUT2D eigenvalue weighted by Crippen LogP contribution is -2.36. The Morgan fingerprint density at radius 1 is 1.26 bits per heavy atom. The third-order valence-corrected chi connectivity index (χ3v) is 6.43. The molecule has 7 heteroatoms. The number of hydrogen-bond donors (Lipinski definition) is 1. The van der Waals surface area contributed by atoms with Crippen molar-refractivity contribution in [2.24, 2.45) is 0 Å². The molecule has 0 unspecified atom stereocenters. The topological polar surface area (TPSA) is 58.1 Å². The highest BCUT2D eigenvalue weighted by atomic mass is 32.2. The van der Waals surface area contributed by atoms with E-state index in [1.165, 1.54) is 34.2 Å². The van der Waals surface area contributed by atoms with Crippen LogP contribution in [0.25, 0.3) is 0 Å². The predicted octanol–water partition coefficient (Wildman–Crippen LogP) is 4.66. The fourth-order valence-electron chi connectivity index (χ4n) is 3.30. The van der Waals surface area contributed by atoms with Crippen molar-refractivity contribution in [3.8, 4) is 0 Å². The first-order chi connectivity index (χ1) is 13.1. The smallest absolute Gasteiger partial charge is 0.237 e. The Morgan fingerprint density at radius 3 is 2.96 bits per heavy atom. The van der Waals surface area contributed by atoms with Gasteiger partial charge in [0.1, 0.15) is 0 Å². The van der Waals surface area contributed by atoms with Gasteiger partial charge < -0.3 is 10.2 Å². The molecule has 0 spiro atoms. The molecule has 0 saturated carbocycles. The van der Waals surface area contributed by atoms with E-state index in [4.69, 9.17) is 0 Å². The molecule has 1 amide bonds. The van der Waals surface area contributed by atoms with Crippen LogP contribution in [0.2, 0.25) is 0 Å². The Balaban J connectivity index is 1.38. The largest absolute Gasteiger partial charge is 0.330 e. The second kappa shape index (κ2) is 7.70. The molecule has 2 aromatic carbocycles. The van der Waals surface area contributed by atoms with Crippen LogP contribution in [-0.4, -0.2) is 27.9 Å². The predicted molar refractivity (Wildman–Crippen MR) is 112 cm³/mol. The van der Waals surface area contributed by atoms with E-state index in [0.717, 1.165) is 27.3 Å². The van der Waals surface area contributed by atoms with E-state index in [-0.39, 0.29) is 11.9 Å². The molecule has 1 aliphatic rings. The summed E-state index contributed by atoms with van der Waals surface area (Å²) in [4.78, 5) is 14.7. The van der Waals surface area contributed by atoms with Gasteiger partial charge in [0.15, 0.2) is 4.34 Å². The summed E-state index contributed by atoms with van der Waals surface area (Å²) in [6.07, 6.45) is 0.913. The summed E-state index contributed by atoms with van der Waals surface area (Å²) in [5, 5.41) is 12.4. The molecule has 1 N–H and O–H groups in total. The molecule has 138 valence electrons. The van der Waals surface area contributed by atoms with Gasteiger partial charge in [0.25, 0.3) is 0 Å². The molecule has 1 aromatic heterocycles. The van der Waals surface area contributed by atoms with Gasteiger partial charge in [-0.3, -0.25) is 4.79 Å². The number of amides is 1. The summed E-state index contributed by atoms with van der Waals surface area (Å²) in [5.74, 6) is 0.471. The van der Waals surface area contributed by atoms with Crippen LogP contribution in [0.3, 0.4) is 0 Å². The van der Waals surface area contributed by atoms with Crippen LogP contribution in [0.4, 0.5) is 16.5 Å².